The van der Waals surface area contributed by atoms with Crippen LogP contribution < -0.4 is 5.32 Å². The van der Waals surface area contributed by atoms with Crippen LogP contribution in [0.15, 0.2) is 11.8 Å². The Hall–Kier alpha value is -0.540. The zero-order valence-corrected chi connectivity index (χ0v) is 10.8. The van der Waals surface area contributed by atoms with E-state index in [1.54, 1.807) is 7.11 Å². The van der Waals surface area contributed by atoms with Crippen molar-refractivity contribution in [3.8, 4) is 0 Å². The Labute approximate surface area is 99.2 Å². The molecule has 1 heterocycles. The molecule has 0 bridgehead atoms. The monoisotopic (exact) mass is 227 g/mol. The maximum Gasteiger partial charge on any atom is 0.0876 e. The number of ether oxygens (including phenoxy) is 2. The number of likely N-dealkylation sites (N-methyl/N-ethyl adjacent to an activating group) is 1. The summed E-state index contributed by atoms with van der Waals surface area (Å²) >= 11 is 0. The van der Waals surface area contributed by atoms with Crippen LogP contribution in [-0.4, -0.2) is 32.9 Å². The molecule has 0 aromatic rings. The SMILES string of the molecule is CCNC(CC(C)COC)C1=COCCC1. The Kier molecular flexibility index (Phi) is 6.50. The van der Waals surface area contributed by atoms with E-state index in [0.29, 0.717) is 12.0 Å². The molecule has 0 radical (unpaired) electrons. The lowest BCUT2D eigenvalue weighted by Gasteiger charge is -2.26. The Bertz CT molecular complexity index is 216. The molecular weight excluding hydrogens is 202 g/mol. The summed E-state index contributed by atoms with van der Waals surface area (Å²) in [4.78, 5) is 0. The summed E-state index contributed by atoms with van der Waals surface area (Å²) in [7, 11) is 1.77. The first-order chi connectivity index (χ1) is 7.77. The number of methoxy groups -OCH3 is 1. The Morgan fingerprint density at radius 1 is 1.56 bits per heavy atom. The molecule has 0 fully saturated rings. The zero-order chi connectivity index (χ0) is 11.8. The van der Waals surface area contributed by atoms with Gasteiger partial charge in [-0.15, -0.1) is 0 Å². The lowest BCUT2D eigenvalue weighted by atomic mass is 9.93. The van der Waals surface area contributed by atoms with Crippen molar-refractivity contribution >= 4 is 0 Å². The zero-order valence-electron chi connectivity index (χ0n) is 10.8. The molecule has 2 unspecified atom stereocenters. The van der Waals surface area contributed by atoms with Gasteiger partial charge in [-0.3, -0.25) is 0 Å². The number of hydrogen-bond acceptors (Lipinski definition) is 3. The Balaban J connectivity index is 2.48. The lowest BCUT2D eigenvalue weighted by molar-refractivity contribution is 0.149. The molecule has 3 nitrogen and oxygen atoms in total. The van der Waals surface area contributed by atoms with E-state index < -0.39 is 0 Å². The summed E-state index contributed by atoms with van der Waals surface area (Å²) in [6.07, 6.45) is 5.39. The van der Waals surface area contributed by atoms with Gasteiger partial charge in [0.15, 0.2) is 0 Å². The first-order valence-corrected chi connectivity index (χ1v) is 6.30. The van der Waals surface area contributed by atoms with Gasteiger partial charge in [0.2, 0.25) is 0 Å². The highest BCUT2D eigenvalue weighted by Gasteiger charge is 2.18. The molecule has 0 amide bonds. The second-order valence-corrected chi connectivity index (χ2v) is 4.57. The minimum absolute atomic E-state index is 0.454. The van der Waals surface area contributed by atoms with E-state index in [9.17, 15) is 0 Å². The molecular formula is C13H25NO2. The summed E-state index contributed by atoms with van der Waals surface area (Å²) in [5.74, 6) is 0.580. The van der Waals surface area contributed by atoms with Crippen LogP contribution in [0.5, 0.6) is 0 Å². The van der Waals surface area contributed by atoms with E-state index in [1.165, 1.54) is 5.57 Å². The van der Waals surface area contributed by atoms with E-state index in [0.717, 1.165) is 39.0 Å². The Morgan fingerprint density at radius 3 is 2.94 bits per heavy atom. The van der Waals surface area contributed by atoms with E-state index in [4.69, 9.17) is 9.47 Å². The maximum absolute atomic E-state index is 5.42. The van der Waals surface area contributed by atoms with Crippen molar-refractivity contribution in [2.24, 2.45) is 5.92 Å². The van der Waals surface area contributed by atoms with E-state index in [-0.39, 0.29) is 0 Å². The van der Waals surface area contributed by atoms with Gasteiger partial charge >= 0.3 is 0 Å². The second-order valence-electron chi connectivity index (χ2n) is 4.57. The molecule has 0 aliphatic carbocycles. The Morgan fingerprint density at radius 2 is 2.38 bits per heavy atom. The third-order valence-electron chi connectivity index (χ3n) is 2.95. The van der Waals surface area contributed by atoms with Crippen molar-refractivity contribution in [1.29, 1.82) is 0 Å². The largest absolute Gasteiger partial charge is 0.501 e. The predicted molar refractivity (Wildman–Crippen MR) is 66.4 cm³/mol. The molecule has 1 rings (SSSR count). The van der Waals surface area contributed by atoms with Crippen LogP contribution in [0.25, 0.3) is 0 Å². The normalized spacial score (nSPS) is 19.8. The van der Waals surface area contributed by atoms with E-state index in [1.807, 2.05) is 6.26 Å². The molecule has 1 aliphatic heterocycles. The lowest BCUT2D eigenvalue weighted by Crippen LogP contribution is -2.34. The molecule has 0 spiro atoms. The highest BCUT2D eigenvalue weighted by atomic mass is 16.5. The minimum atomic E-state index is 0.454. The topological polar surface area (TPSA) is 30.5 Å². The van der Waals surface area contributed by atoms with Crippen LogP contribution in [0, 0.1) is 5.92 Å². The molecule has 0 aromatic carbocycles. The molecule has 94 valence electrons. The summed E-state index contributed by atoms with van der Waals surface area (Å²) in [5, 5.41) is 3.54. The van der Waals surface area contributed by atoms with E-state index >= 15 is 0 Å². The standard InChI is InChI=1S/C13H25NO2/c1-4-14-13(8-11(2)9-15-3)12-6-5-7-16-10-12/h10-11,13-14H,4-9H2,1-3H3. The van der Waals surface area contributed by atoms with Crippen molar-refractivity contribution < 1.29 is 9.47 Å². The molecule has 3 heteroatoms. The van der Waals surface area contributed by atoms with Crippen LogP contribution in [0.2, 0.25) is 0 Å². The van der Waals surface area contributed by atoms with E-state index in [2.05, 4.69) is 19.2 Å². The number of nitrogens with one attached hydrogen (secondary N) is 1. The first kappa shape index (κ1) is 13.5. The summed E-state index contributed by atoms with van der Waals surface area (Å²) in [5.41, 5.74) is 1.41. The van der Waals surface area contributed by atoms with Gasteiger partial charge in [0.1, 0.15) is 0 Å². The summed E-state index contributed by atoms with van der Waals surface area (Å²) in [6.45, 7) is 7.09. The summed E-state index contributed by atoms with van der Waals surface area (Å²) < 4.78 is 10.6. The second kappa shape index (κ2) is 7.69. The summed E-state index contributed by atoms with van der Waals surface area (Å²) in [6, 6.07) is 0.454. The molecule has 16 heavy (non-hydrogen) atoms. The average Bonchev–Trinajstić information content (AvgIpc) is 2.30. The van der Waals surface area contributed by atoms with Crippen molar-refractivity contribution in [2.75, 3.05) is 26.9 Å². The average molecular weight is 227 g/mol. The third-order valence-corrected chi connectivity index (χ3v) is 2.95. The maximum atomic E-state index is 5.42. The minimum Gasteiger partial charge on any atom is -0.501 e. The molecule has 1 N–H and O–H groups in total. The van der Waals surface area contributed by atoms with Crippen molar-refractivity contribution in [3.05, 3.63) is 11.8 Å². The van der Waals surface area contributed by atoms with Crippen LogP contribution >= 0.6 is 0 Å². The van der Waals surface area contributed by atoms with Crippen molar-refractivity contribution in [2.45, 2.75) is 39.2 Å². The van der Waals surface area contributed by atoms with Crippen LogP contribution in [0.3, 0.4) is 0 Å². The van der Waals surface area contributed by atoms with Gasteiger partial charge in [0, 0.05) is 19.8 Å². The van der Waals surface area contributed by atoms with Gasteiger partial charge in [0.25, 0.3) is 0 Å². The third kappa shape index (κ3) is 4.54. The van der Waals surface area contributed by atoms with Crippen molar-refractivity contribution in [3.63, 3.8) is 0 Å². The van der Waals surface area contributed by atoms with Crippen LogP contribution in [-0.2, 0) is 9.47 Å². The molecule has 0 saturated carbocycles. The first-order valence-electron chi connectivity index (χ1n) is 6.30. The molecule has 0 aromatic heterocycles. The fraction of sp³-hybridized carbons (Fsp3) is 0.846. The van der Waals surface area contributed by atoms with Gasteiger partial charge in [-0.2, -0.15) is 0 Å². The van der Waals surface area contributed by atoms with Gasteiger partial charge in [-0.1, -0.05) is 13.8 Å². The fourth-order valence-corrected chi connectivity index (χ4v) is 2.21. The fourth-order valence-electron chi connectivity index (χ4n) is 2.21. The van der Waals surface area contributed by atoms with Crippen LogP contribution in [0.1, 0.15) is 33.1 Å². The predicted octanol–water partition coefficient (Wildman–Crippen LogP) is 2.33. The smallest absolute Gasteiger partial charge is 0.0876 e. The highest BCUT2D eigenvalue weighted by molar-refractivity contribution is 5.10. The number of rotatable bonds is 7. The van der Waals surface area contributed by atoms with Crippen molar-refractivity contribution in [1.82, 2.24) is 5.32 Å². The van der Waals surface area contributed by atoms with Gasteiger partial charge < -0.3 is 14.8 Å². The molecule has 1 aliphatic rings. The highest BCUT2D eigenvalue weighted by Crippen LogP contribution is 2.20. The van der Waals surface area contributed by atoms with Gasteiger partial charge in [-0.05, 0) is 37.3 Å². The quantitative estimate of drug-likeness (QED) is 0.724. The van der Waals surface area contributed by atoms with Crippen LogP contribution in [0.4, 0.5) is 0 Å². The van der Waals surface area contributed by atoms with Gasteiger partial charge in [0.05, 0.1) is 12.9 Å². The van der Waals surface area contributed by atoms with Gasteiger partial charge in [-0.25, -0.2) is 0 Å². The molecule has 2 atom stereocenters. The number of hydrogen-bond donors (Lipinski definition) is 1. The molecule has 0 saturated heterocycles.